The number of allylic oxidation sites excluding steroid dienone is 2. The van der Waals surface area contributed by atoms with Gasteiger partial charge in [-0.2, -0.15) is 0 Å². The van der Waals surface area contributed by atoms with E-state index >= 15 is 0 Å². The van der Waals surface area contributed by atoms with Crippen LogP contribution in [-0.4, -0.2) is 17.0 Å². The summed E-state index contributed by atoms with van der Waals surface area (Å²) in [6, 6.07) is 16.7. The van der Waals surface area contributed by atoms with Crippen molar-refractivity contribution in [1.82, 2.24) is 0 Å². The number of hydrogen-bond donors (Lipinski definition) is 2. The van der Waals surface area contributed by atoms with Crippen LogP contribution >= 0.6 is 0 Å². The first-order valence-electron chi connectivity index (χ1n) is 7.35. The van der Waals surface area contributed by atoms with Gasteiger partial charge in [0.25, 0.3) is 0 Å². The van der Waals surface area contributed by atoms with Crippen LogP contribution in [0.25, 0.3) is 12.2 Å². The fraction of sp³-hybridized carbons (Fsp3) is 0. The van der Waals surface area contributed by atoms with E-state index in [1.807, 2.05) is 36.4 Å². The molecule has 0 aliphatic carbocycles. The fourth-order valence-electron chi connectivity index (χ4n) is 1.95. The maximum absolute atomic E-state index is 11.9. The molecule has 2 rings (SSSR count). The van der Waals surface area contributed by atoms with E-state index in [9.17, 15) is 9.59 Å². The molecule has 2 aromatic rings. The van der Waals surface area contributed by atoms with E-state index < -0.39 is 5.97 Å². The van der Waals surface area contributed by atoms with Crippen molar-refractivity contribution in [3.8, 4) is 0 Å². The van der Waals surface area contributed by atoms with Gasteiger partial charge in [0.15, 0.2) is 0 Å². The molecule has 0 bridgehead atoms. The largest absolute Gasteiger partial charge is 0.478 e. The lowest BCUT2D eigenvalue weighted by Gasteiger charge is -2.02. The van der Waals surface area contributed by atoms with Crippen molar-refractivity contribution in [3.63, 3.8) is 0 Å². The Morgan fingerprint density at radius 1 is 0.833 bits per heavy atom. The second-order valence-electron chi connectivity index (χ2n) is 4.92. The van der Waals surface area contributed by atoms with E-state index in [0.717, 1.165) is 11.6 Å². The van der Waals surface area contributed by atoms with E-state index in [0.29, 0.717) is 11.3 Å². The number of carboxylic acids is 1. The summed E-state index contributed by atoms with van der Waals surface area (Å²) in [6.07, 6.45) is 9.31. The maximum atomic E-state index is 11.9. The third-order valence-corrected chi connectivity index (χ3v) is 3.02. The molecular formula is C20H17NO3. The van der Waals surface area contributed by atoms with Gasteiger partial charge in [-0.3, -0.25) is 4.79 Å². The molecule has 1 amide bonds. The molecule has 0 atom stereocenters. The Morgan fingerprint density at radius 2 is 1.58 bits per heavy atom. The first kappa shape index (κ1) is 17.0. The van der Waals surface area contributed by atoms with Gasteiger partial charge in [-0.1, -0.05) is 60.7 Å². The predicted molar refractivity (Wildman–Crippen MR) is 96.4 cm³/mol. The lowest BCUT2D eigenvalue weighted by Crippen LogP contribution is -2.07. The van der Waals surface area contributed by atoms with E-state index in [2.05, 4.69) is 5.32 Å². The average molecular weight is 319 g/mol. The Labute approximate surface area is 140 Å². The molecule has 2 N–H and O–H groups in total. The Balaban J connectivity index is 1.92. The van der Waals surface area contributed by atoms with Gasteiger partial charge in [0.2, 0.25) is 5.91 Å². The standard InChI is InChI=1S/C20H17NO3/c22-19(12-5-4-9-16-7-2-1-3-8-16)21-18-11-6-10-17(15-18)13-14-20(23)24/h1-15H,(H,21,22)(H,23,24). The highest BCUT2D eigenvalue weighted by Gasteiger charge is 1.98. The number of hydrogen-bond acceptors (Lipinski definition) is 2. The van der Waals surface area contributed by atoms with Crippen molar-refractivity contribution in [3.05, 3.63) is 90.0 Å². The van der Waals surface area contributed by atoms with Crippen molar-refractivity contribution in [1.29, 1.82) is 0 Å². The number of rotatable bonds is 6. The average Bonchev–Trinajstić information content (AvgIpc) is 2.58. The normalized spacial score (nSPS) is 11.3. The summed E-state index contributed by atoms with van der Waals surface area (Å²) >= 11 is 0. The Bertz CT molecular complexity index is 790. The molecule has 0 aliphatic heterocycles. The van der Waals surface area contributed by atoms with Crippen molar-refractivity contribution in [2.75, 3.05) is 5.32 Å². The molecule has 0 aromatic heterocycles. The maximum Gasteiger partial charge on any atom is 0.328 e. The fourth-order valence-corrected chi connectivity index (χ4v) is 1.95. The van der Waals surface area contributed by atoms with E-state index in [-0.39, 0.29) is 5.91 Å². The van der Waals surface area contributed by atoms with E-state index in [1.54, 1.807) is 36.4 Å². The summed E-state index contributed by atoms with van der Waals surface area (Å²) in [5.74, 6) is -1.27. The molecule has 0 radical (unpaired) electrons. The molecule has 0 aliphatic rings. The third-order valence-electron chi connectivity index (χ3n) is 3.02. The van der Waals surface area contributed by atoms with Gasteiger partial charge in [-0.05, 0) is 29.3 Å². The lowest BCUT2D eigenvalue weighted by molar-refractivity contribution is -0.131. The minimum absolute atomic E-state index is 0.257. The summed E-state index contributed by atoms with van der Waals surface area (Å²) in [4.78, 5) is 22.4. The summed E-state index contributed by atoms with van der Waals surface area (Å²) in [6.45, 7) is 0. The number of carboxylic acid groups (broad SMARTS) is 1. The molecule has 0 saturated carbocycles. The molecule has 24 heavy (non-hydrogen) atoms. The number of benzene rings is 2. The zero-order chi connectivity index (χ0) is 17.2. The minimum Gasteiger partial charge on any atom is -0.478 e. The molecule has 0 unspecified atom stereocenters. The van der Waals surface area contributed by atoms with Gasteiger partial charge in [-0.25, -0.2) is 4.79 Å². The van der Waals surface area contributed by atoms with Crippen LogP contribution in [0.5, 0.6) is 0 Å². The Morgan fingerprint density at radius 3 is 2.33 bits per heavy atom. The summed E-state index contributed by atoms with van der Waals surface area (Å²) in [5, 5.41) is 11.3. The van der Waals surface area contributed by atoms with Gasteiger partial charge < -0.3 is 10.4 Å². The highest BCUT2D eigenvalue weighted by Crippen LogP contribution is 2.12. The molecule has 0 spiro atoms. The smallest absolute Gasteiger partial charge is 0.328 e. The molecule has 120 valence electrons. The monoisotopic (exact) mass is 319 g/mol. The van der Waals surface area contributed by atoms with Crippen LogP contribution in [-0.2, 0) is 9.59 Å². The molecule has 0 fully saturated rings. The number of amides is 1. The molecule has 0 heterocycles. The lowest BCUT2D eigenvalue weighted by atomic mass is 10.2. The molecule has 4 nitrogen and oxygen atoms in total. The molecule has 0 saturated heterocycles. The van der Waals surface area contributed by atoms with Crippen LogP contribution < -0.4 is 5.32 Å². The topological polar surface area (TPSA) is 66.4 Å². The van der Waals surface area contributed by atoms with E-state index in [1.165, 1.54) is 12.2 Å². The molecule has 2 aromatic carbocycles. The number of carbonyl (C=O) groups is 2. The SMILES string of the molecule is O=C(O)C=Cc1cccc(NC(=O)C=CC=Cc2ccccc2)c1. The van der Waals surface area contributed by atoms with Gasteiger partial charge in [-0.15, -0.1) is 0 Å². The van der Waals surface area contributed by atoms with Gasteiger partial charge in [0, 0.05) is 17.8 Å². The highest BCUT2D eigenvalue weighted by atomic mass is 16.4. The Hall–Kier alpha value is -3.40. The van der Waals surface area contributed by atoms with Crippen LogP contribution in [0, 0.1) is 0 Å². The summed E-state index contributed by atoms with van der Waals surface area (Å²) < 4.78 is 0. The zero-order valence-corrected chi connectivity index (χ0v) is 12.9. The number of aliphatic carboxylic acids is 1. The molecule has 4 heteroatoms. The van der Waals surface area contributed by atoms with Crippen LogP contribution in [0.4, 0.5) is 5.69 Å². The zero-order valence-electron chi connectivity index (χ0n) is 12.9. The van der Waals surface area contributed by atoms with Crippen molar-refractivity contribution in [2.24, 2.45) is 0 Å². The number of carbonyl (C=O) groups excluding carboxylic acids is 1. The number of nitrogens with one attached hydrogen (secondary N) is 1. The third kappa shape index (κ3) is 6.15. The van der Waals surface area contributed by atoms with Crippen molar-refractivity contribution in [2.45, 2.75) is 0 Å². The van der Waals surface area contributed by atoms with Gasteiger partial charge >= 0.3 is 5.97 Å². The first-order chi connectivity index (χ1) is 11.6. The second kappa shape index (κ2) is 8.90. The predicted octanol–water partition coefficient (Wildman–Crippen LogP) is 3.99. The van der Waals surface area contributed by atoms with Gasteiger partial charge in [0.1, 0.15) is 0 Å². The Kier molecular flexibility index (Phi) is 6.29. The van der Waals surface area contributed by atoms with Crippen LogP contribution in [0.3, 0.4) is 0 Å². The quantitative estimate of drug-likeness (QED) is 0.625. The number of anilines is 1. The minimum atomic E-state index is -1.02. The van der Waals surface area contributed by atoms with Crippen molar-refractivity contribution >= 4 is 29.7 Å². The second-order valence-corrected chi connectivity index (χ2v) is 4.92. The van der Waals surface area contributed by atoms with Crippen LogP contribution in [0.2, 0.25) is 0 Å². The van der Waals surface area contributed by atoms with Crippen molar-refractivity contribution < 1.29 is 14.7 Å². The first-order valence-corrected chi connectivity index (χ1v) is 7.35. The summed E-state index contributed by atoms with van der Waals surface area (Å²) in [5.41, 5.74) is 2.35. The van der Waals surface area contributed by atoms with E-state index in [4.69, 9.17) is 5.11 Å². The van der Waals surface area contributed by atoms with Gasteiger partial charge in [0.05, 0.1) is 0 Å². The molecular weight excluding hydrogens is 302 g/mol. The van der Waals surface area contributed by atoms with Crippen LogP contribution in [0.1, 0.15) is 11.1 Å². The highest BCUT2D eigenvalue weighted by molar-refractivity contribution is 5.99. The summed E-state index contributed by atoms with van der Waals surface area (Å²) in [7, 11) is 0. The van der Waals surface area contributed by atoms with Crippen LogP contribution in [0.15, 0.2) is 78.9 Å².